The van der Waals surface area contributed by atoms with Gasteiger partial charge in [-0.25, -0.2) is 0 Å². The van der Waals surface area contributed by atoms with Crippen LogP contribution in [0.25, 0.3) is 0 Å². The van der Waals surface area contributed by atoms with Gasteiger partial charge in [0.2, 0.25) is 0 Å². The summed E-state index contributed by atoms with van der Waals surface area (Å²) < 4.78 is 0. The molecule has 1 unspecified atom stereocenters. The zero-order valence-electron chi connectivity index (χ0n) is 13.5. The van der Waals surface area contributed by atoms with E-state index in [0.717, 1.165) is 18.5 Å². The fourth-order valence-corrected chi connectivity index (χ4v) is 3.67. The molecule has 1 saturated carbocycles. The molecular formula is C17H33N3. The molecule has 1 aliphatic carbocycles. The van der Waals surface area contributed by atoms with Gasteiger partial charge in [-0.2, -0.15) is 0 Å². The second-order valence-corrected chi connectivity index (χ2v) is 6.65. The van der Waals surface area contributed by atoms with Crippen LogP contribution in [-0.4, -0.2) is 43.5 Å². The van der Waals surface area contributed by atoms with Gasteiger partial charge in [0.05, 0.1) is 12.4 Å². The van der Waals surface area contributed by atoms with Crippen LogP contribution in [0.15, 0.2) is 4.99 Å². The molecule has 0 bridgehead atoms. The highest BCUT2D eigenvalue weighted by Gasteiger charge is 2.27. The molecule has 0 aromatic heterocycles. The molecule has 0 saturated heterocycles. The van der Waals surface area contributed by atoms with Gasteiger partial charge in [-0.3, -0.25) is 4.99 Å². The van der Waals surface area contributed by atoms with Crippen LogP contribution in [0.4, 0.5) is 0 Å². The average molecular weight is 279 g/mol. The minimum absolute atomic E-state index is 0.577. The number of hydrogen-bond donors (Lipinski definition) is 1. The van der Waals surface area contributed by atoms with Gasteiger partial charge >= 0.3 is 0 Å². The molecular weight excluding hydrogens is 246 g/mol. The molecule has 3 heteroatoms. The van der Waals surface area contributed by atoms with E-state index in [-0.39, 0.29) is 0 Å². The predicted molar refractivity (Wildman–Crippen MR) is 87.4 cm³/mol. The zero-order valence-corrected chi connectivity index (χ0v) is 13.5. The Morgan fingerprint density at radius 1 is 1.15 bits per heavy atom. The van der Waals surface area contributed by atoms with E-state index in [1.807, 2.05) is 7.05 Å². The lowest BCUT2D eigenvalue weighted by Crippen LogP contribution is -2.37. The summed E-state index contributed by atoms with van der Waals surface area (Å²) in [6, 6.07) is 1.37. The third-order valence-corrected chi connectivity index (χ3v) is 5.17. The van der Waals surface area contributed by atoms with Crippen molar-refractivity contribution in [2.45, 2.75) is 76.8 Å². The number of nitrogens with zero attached hydrogens (tertiary/aromatic N) is 2. The molecule has 116 valence electrons. The Labute approximate surface area is 125 Å². The molecule has 0 radical (unpaired) electrons. The maximum absolute atomic E-state index is 4.73. The Morgan fingerprint density at radius 3 is 2.65 bits per heavy atom. The quantitative estimate of drug-likeness (QED) is 0.689. The summed E-state index contributed by atoms with van der Waals surface area (Å²) in [6.45, 7) is 4.68. The molecule has 0 aromatic carbocycles. The fraction of sp³-hybridized carbons (Fsp3) is 0.941. The molecule has 1 heterocycles. The molecule has 20 heavy (non-hydrogen) atoms. The van der Waals surface area contributed by atoms with E-state index in [1.54, 1.807) is 0 Å². The normalized spacial score (nSPS) is 30.1. The van der Waals surface area contributed by atoms with Gasteiger partial charge in [-0.1, -0.05) is 26.2 Å². The molecule has 3 nitrogen and oxygen atoms in total. The third-order valence-electron chi connectivity index (χ3n) is 5.17. The van der Waals surface area contributed by atoms with E-state index in [0.29, 0.717) is 6.04 Å². The molecule has 0 aromatic rings. The van der Waals surface area contributed by atoms with Crippen molar-refractivity contribution in [2.75, 3.05) is 20.1 Å². The SMILES string of the molecule is CCC1CCC(N2C=NC(CCCCCNC)C2)CC1. The molecule has 2 aliphatic rings. The fourth-order valence-electron chi connectivity index (χ4n) is 3.67. The summed E-state index contributed by atoms with van der Waals surface area (Å²) in [7, 11) is 2.03. The molecule has 0 spiro atoms. The maximum atomic E-state index is 4.73. The second-order valence-electron chi connectivity index (χ2n) is 6.65. The third kappa shape index (κ3) is 4.76. The lowest BCUT2D eigenvalue weighted by Gasteiger charge is -2.34. The summed E-state index contributed by atoms with van der Waals surface area (Å²) in [6.07, 6.45) is 14.4. The van der Waals surface area contributed by atoms with Crippen molar-refractivity contribution in [2.24, 2.45) is 10.9 Å². The predicted octanol–water partition coefficient (Wildman–Crippen LogP) is 3.45. The van der Waals surface area contributed by atoms with Crippen LogP contribution in [0.3, 0.4) is 0 Å². The van der Waals surface area contributed by atoms with Gasteiger partial charge < -0.3 is 10.2 Å². The summed E-state index contributed by atoms with van der Waals surface area (Å²) >= 11 is 0. The first-order chi connectivity index (χ1) is 9.83. The summed E-state index contributed by atoms with van der Waals surface area (Å²) in [5.41, 5.74) is 0. The van der Waals surface area contributed by atoms with E-state index in [1.165, 1.54) is 64.3 Å². The molecule has 2 rings (SSSR count). The first-order valence-corrected chi connectivity index (χ1v) is 8.77. The van der Waals surface area contributed by atoms with Gasteiger partial charge in [0, 0.05) is 12.6 Å². The highest BCUT2D eigenvalue weighted by molar-refractivity contribution is 5.58. The largest absolute Gasteiger partial charge is 0.358 e. The Bertz CT molecular complexity index is 282. The lowest BCUT2D eigenvalue weighted by atomic mass is 9.84. The topological polar surface area (TPSA) is 27.6 Å². The van der Waals surface area contributed by atoms with Crippen molar-refractivity contribution >= 4 is 6.34 Å². The van der Waals surface area contributed by atoms with E-state index in [4.69, 9.17) is 4.99 Å². The van der Waals surface area contributed by atoms with Crippen molar-refractivity contribution in [3.63, 3.8) is 0 Å². The van der Waals surface area contributed by atoms with E-state index in [2.05, 4.69) is 23.5 Å². The van der Waals surface area contributed by atoms with Crippen molar-refractivity contribution in [3.8, 4) is 0 Å². The van der Waals surface area contributed by atoms with Crippen LogP contribution in [0.5, 0.6) is 0 Å². The summed E-state index contributed by atoms with van der Waals surface area (Å²) in [5, 5.41) is 3.22. The smallest absolute Gasteiger partial charge is 0.0857 e. The summed E-state index contributed by atoms with van der Waals surface area (Å²) in [4.78, 5) is 7.28. The molecule has 1 aliphatic heterocycles. The van der Waals surface area contributed by atoms with Crippen LogP contribution in [0.1, 0.15) is 64.7 Å². The van der Waals surface area contributed by atoms with Crippen LogP contribution in [0, 0.1) is 5.92 Å². The minimum atomic E-state index is 0.577. The van der Waals surface area contributed by atoms with Crippen LogP contribution in [-0.2, 0) is 0 Å². The Balaban J connectivity index is 1.60. The van der Waals surface area contributed by atoms with Gasteiger partial charge in [-0.15, -0.1) is 0 Å². The summed E-state index contributed by atoms with van der Waals surface area (Å²) in [5.74, 6) is 0.994. The van der Waals surface area contributed by atoms with E-state index in [9.17, 15) is 0 Å². The van der Waals surface area contributed by atoms with E-state index >= 15 is 0 Å². The Morgan fingerprint density at radius 2 is 1.95 bits per heavy atom. The van der Waals surface area contributed by atoms with Crippen LogP contribution < -0.4 is 5.32 Å². The van der Waals surface area contributed by atoms with Gasteiger partial charge in [0.25, 0.3) is 0 Å². The number of aliphatic imine (C=N–C) groups is 1. The Hall–Kier alpha value is -0.570. The van der Waals surface area contributed by atoms with Gasteiger partial charge in [-0.05, 0) is 58.0 Å². The lowest BCUT2D eigenvalue weighted by molar-refractivity contribution is 0.210. The van der Waals surface area contributed by atoms with Gasteiger partial charge in [0.15, 0.2) is 0 Å². The molecule has 1 fully saturated rings. The minimum Gasteiger partial charge on any atom is -0.358 e. The standard InChI is InChI=1S/C17H33N3/c1-3-15-8-10-17(11-9-15)20-13-16(19-14-20)7-5-4-6-12-18-2/h14-18H,3-13H2,1-2H3. The number of rotatable bonds is 8. The Kier molecular flexibility index (Phi) is 6.85. The number of nitrogens with one attached hydrogen (secondary N) is 1. The number of hydrogen-bond acceptors (Lipinski definition) is 3. The van der Waals surface area contributed by atoms with Gasteiger partial charge in [0.1, 0.15) is 0 Å². The van der Waals surface area contributed by atoms with Crippen molar-refractivity contribution in [1.82, 2.24) is 10.2 Å². The zero-order chi connectivity index (χ0) is 14.2. The highest BCUT2D eigenvalue weighted by atomic mass is 15.2. The first kappa shape index (κ1) is 15.8. The van der Waals surface area contributed by atoms with Crippen molar-refractivity contribution < 1.29 is 0 Å². The van der Waals surface area contributed by atoms with Crippen LogP contribution >= 0.6 is 0 Å². The molecule has 1 N–H and O–H groups in total. The maximum Gasteiger partial charge on any atom is 0.0857 e. The van der Waals surface area contributed by atoms with E-state index < -0.39 is 0 Å². The highest BCUT2D eigenvalue weighted by Crippen LogP contribution is 2.30. The first-order valence-electron chi connectivity index (χ1n) is 8.77. The average Bonchev–Trinajstić information content (AvgIpc) is 2.96. The van der Waals surface area contributed by atoms with Crippen LogP contribution in [0.2, 0.25) is 0 Å². The second kappa shape index (κ2) is 8.66. The van der Waals surface area contributed by atoms with Crippen molar-refractivity contribution in [1.29, 1.82) is 0 Å². The monoisotopic (exact) mass is 279 g/mol. The van der Waals surface area contributed by atoms with Crippen molar-refractivity contribution in [3.05, 3.63) is 0 Å². The molecule has 1 atom stereocenters. The molecule has 0 amide bonds. The number of unbranched alkanes of at least 4 members (excludes halogenated alkanes) is 2.